The van der Waals surface area contributed by atoms with E-state index in [1.54, 1.807) is 4.90 Å². The highest BCUT2D eigenvalue weighted by molar-refractivity contribution is 5.85. The molecule has 2 aliphatic rings. The molecule has 0 unspecified atom stereocenters. The highest BCUT2D eigenvalue weighted by Crippen LogP contribution is 2.36. The van der Waals surface area contributed by atoms with E-state index in [0.29, 0.717) is 19.6 Å². The van der Waals surface area contributed by atoms with Crippen molar-refractivity contribution in [1.82, 2.24) is 10.2 Å². The van der Waals surface area contributed by atoms with E-state index >= 15 is 0 Å². The first-order valence-corrected chi connectivity index (χ1v) is 6.25. The molecule has 3 N–H and O–H groups in total. The lowest BCUT2D eigenvalue weighted by atomic mass is 9.82. The SMILES string of the molecule is CC(C)(C)OC(=O)N1CC[C@]2(CNC(=O)[C@@H]2N)C1. The van der Waals surface area contributed by atoms with E-state index < -0.39 is 11.6 Å². The standard InChI is InChI=1S/C12H21N3O3/c1-11(2,3)18-10(17)15-5-4-12(7-15)6-14-9(16)8(12)13/h8H,4-7,13H2,1-3H3,(H,14,16)/t8-,12-/m0/s1. The topological polar surface area (TPSA) is 84.7 Å². The van der Waals surface area contributed by atoms with E-state index in [1.807, 2.05) is 20.8 Å². The zero-order valence-electron chi connectivity index (χ0n) is 11.2. The number of ether oxygens (including phenoxy) is 1. The van der Waals surface area contributed by atoms with Crippen LogP contribution < -0.4 is 11.1 Å². The number of hydrogen-bond acceptors (Lipinski definition) is 4. The van der Waals surface area contributed by atoms with E-state index in [0.717, 1.165) is 6.42 Å². The minimum Gasteiger partial charge on any atom is -0.444 e. The van der Waals surface area contributed by atoms with Crippen molar-refractivity contribution in [2.75, 3.05) is 19.6 Å². The maximum absolute atomic E-state index is 11.9. The van der Waals surface area contributed by atoms with Gasteiger partial charge in [0.05, 0.1) is 6.04 Å². The minimum absolute atomic E-state index is 0.124. The molecule has 0 aromatic carbocycles. The number of amides is 2. The highest BCUT2D eigenvalue weighted by atomic mass is 16.6. The predicted molar refractivity (Wildman–Crippen MR) is 65.8 cm³/mol. The van der Waals surface area contributed by atoms with Crippen LogP contribution in [0.2, 0.25) is 0 Å². The van der Waals surface area contributed by atoms with Crippen LogP contribution >= 0.6 is 0 Å². The molecular formula is C12H21N3O3. The first kappa shape index (κ1) is 13.1. The Balaban J connectivity index is 2.01. The Bertz CT molecular complexity index is 377. The van der Waals surface area contributed by atoms with Crippen LogP contribution in [0.3, 0.4) is 0 Å². The fraction of sp³-hybridized carbons (Fsp3) is 0.833. The number of carbonyl (C=O) groups is 2. The Labute approximate surface area is 107 Å². The van der Waals surface area contributed by atoms with E-state index in [9.17, 15) is 9.59 Å². The second-order valence-electron chi connectivity index (χ2n) is 6.21. The molecule has 6 nitrogen and oxygen atoms in total. The maximum atomic E-state index is 11.9. The molecule has 0 aromatic rings. The van der Waals surface area contributed by atoms with Crippen molar-refractivity contribution in [3.05, 3.63) is 0 Å². The van der Waals surface area contributed by atoms with Crippen LogP contribution in [0.15, 0.2) is 0 Å². The molecule has 2 atom stereocenters. The summed E-state index contributed by atoms with van der Waals surface area (Å²) in [6.07, 6.45) is 0.414. The summed E-state index contributed by atoms with van der Waals surface area (Å²) in [5, 5.41) is 2.77. The van der Waals surface area contributed by atoms with Gasteiger partial charge >= 0.3 is 6.09 Å². The number of nitrogens with two attached hydrogens (primary N) is 1. The number of likely N-dealkylation sites (tertiary alicyclic amines) is 1. The van der Waals surface area contributed by atoms with Crippen molar-refractivity contribution in [2.24, 2.45) is 11.1 Å². The van der Waals surface area contributed by atoms with Gasteiger partial charge in [-0.2, -0.15) is 0 Å². The first-order chi connectivity index (χ1) is 8.23. The molecule has 2 rings (SSSR count). The van der Waals surface area contributed by atoms with Crippen LogP contribution in [0.25, 0.3) is 0 Å². The van der Waals surface area contributed by atoms with Gasteiger partial charge in [-0.3, -0.25) is 4.79 Å². The van der Waals surface area contributed by atoms with Crippen molar-refractivity contribution >= 4 is 12.0 Å². The van der Waals surface area contributed by atoms with Gasteiger partial charge in [0.25, 0.3) is 0 Å². The van der Waals surface area contributed by atoms with Crippen molar-refractivity contribution < 1.29 is 14.3 Å². The largest absolute Gasteiger partial charge is 0.444 e. The molecule has 102 valence electrons. The van der Waals surface area contributed by atoms with Crippen molar-refractivity contribution in [3.63, 3.8) is 0 Å². The van der Waals surface area contributed by atoms with Crippen LogP contribution in [0.1, 0.15) is 27.2 Å². The molecule has 0 aliphatic carbocycles. The van der Waals surface area contributed by atoms with Gasteiger partial charge in [0.15, 0.2) is 0 Å². The predicted octanol–water partition coefficient (Wildman–Crippen LogP) is 0.0707. The van der Waals surface area contributed by atoms with Gasteiger partial charge in [-0.05, 0) is 27.2 Å². The number of rotatable bonds is 0. The van der Waals surface area contributed by atoms with Gasteiger partial charge in [-0.1, -0.05) is 0 Å². The number of nitrogens with zero attached hydrogens (tertiary/aromatic N) is 1. The third-order valence-electron chi connectivity index (χ3n) is 3.59. The molecule has 18 heavy (non-hydrogen) atoms. The fourth-order valence-corrected chi connectivity index (χ4v) is 2.54. The van der Waals surface area contributed by atoms with Crippen LogP contribution in [0.4, 0.5) is 4.79 Å². The molecule has 0 radical (unpaired) electrons. The number of carbonyl (C=O) groups excluding carboxylic acids is 2. The van der Waals surface area contributed by atoms with Crippen molar-refractivity contribution in [3.8, 4) is 0 Å². The van der Waals surface area contributed by atoms with Crippen molar-refractivity contribution in [2.45, 2.75) is 38.8 Å². The van der Waals surface area contributed by atoms with E-state index in [-0.39, 0.29) is 17.4 Å². The Morgan fingerprint density at radius 1 is 1.56 bits per heavy atom. The normalized spacial score (nSPS) is 31.9. The monoisotopic (exact) mass is 255 g/mol. The lowest BCUT2D eigenvalue weighted by Gasteiger charge is -2.27. The summed E-state index contributed by atoms with van der Waals surface area (Å²) < 4.78 is 5.33. The van der Waals surface area contributed by atoms with E-state index in [2.05, 4.69) is 5.32 Å². The zero-order chi connectivity index (χ0) is 13.6. The van der Waals surface area contributed by atoms with Crippen LogP contribution in [-0.4, -0.2) is 48.2 Å². The summed E-state index contributed by atoms with van der Waals surface area (Å²) in [7, 11) is 0. The quantitative estimate of drug-likeness (QED) is 0.641. The van der Waals surface area contributed by atoms with Crippen molar-refractivity contribution in [1.29, 1.82) is 0 Å². The highest BCUT2D eigenvalue weighted by Gasteiger charge is 2.51. The molecule has 2 fully saturated rings. The maximum Gasteiger partial charge on any atom is 0.410 e. The Morgan fingerprint density at radius 2 is 2.22 bits per heavy atom. The summed E-state index contributed by atoms with van der Waals surface area (Å²) in [5.74, 6) is -0.124. The fourth-order valence-electron chi connectivity index (χ4n) is 2.54. The smallest absolute Gasteiger partial charge is 0.410 e. The van der Waals surface area contributed by atoms with Gasteiger partial charge in [0, 0.05) is 25.0 Å². The lowest BCUT2D eigenvalue weighted by Crippen LogP contribution is -2.45. The Hall–Kier alpha value is -1.30. The molecule has 0 aromatic heterocycles. The van der Waals surface area contributed by atoms with Gasteiger partial charge in [-0.15, -0.1) is 0 Å². The molecule has 2 heterocycles. The summed E-state index contributed by atoms with van der Waals surface area (Å²) in [6.45, 7) is 7.14. The molecule has 2 saturated heterocycles. The molecule has 2 aliphatic heterocycles. The number of hydrogen-bond donors (Lipinski definition) is 2. The van der Waals surface area contributed by atoms with Crippen LogP contribution in [0.5, 0.6) is 0 Å². The second-order valence-corrected chi connectivity index (χ2v) is 6.21. The van der Waals surface area contributed by atoms with Crippen LogP contribution in [-0.2, 0) is 9.53 Å². The molecule has 6 heteroatoms. The summed E-state index contributed by atoms with van der Waals surface area (Å²) >= 11 is 0. The third-order valence-corrected chi connectivity index (χ3v) is 3.59. The third kappa shape index (κ3) is 2.29. The van der Waals surface area contributed by atoms with E-state index in [4.69, 9.17) is 10.5 Å². The average molecular weight is 255 g/mol. The summed E-state index contributed by atoms with van der Waals surface area (Å²) in [4.78, 5) is 25.1. The minimum atomic E-state index is -0.523. The first-order valence-electron chi connectivity index (χ1n) is 6.25. The van der Waals surface area contributed by atoms with Gasteiger partial charge in [0.2, 0.25) is 5.91 Å². The summed E-state index contributed by atoms with van der Waals surface area (Å²) in [6, 6.07) is -0.523. The molecule has 2 amide bonds. The Morgan fingerprint density at radius 3 is 2.72 bits per heavy atom. The zero-order valence-corrected chi connectivity index (χ0v) is 11.2. The van der Waals surface area contributed by atoms with E-state index in [1.165, 1.54) is 0 Å². The average Bonchev–Trinajstić information content (AvgIpc) is 2.78. The number of nitrogens with one attached hydrogen (secondary N) is 1. The second kappa shape index (κ2) is 4.12. The molecule has 0 bridgehead atoms. The molecule has 1 spiro atoms. The van der Waals surface area contributed by atoms with Gasteiger partial charge < -0.3 is 20.7 Å². The molecule has 0 saturated carbocycles. The molecular weight excluding hydrogens is 234 g/mol. The van der Waals surface area contributed by atoms with Gasteiger partial charge in [0.1, 0.15) is 5.60 Å². The lowest BCUT2D eigenvalue weighted by molar-refractivity contribution is -0.121. The Kier molecular flexibility index (Phi) is 3.01. The van der Waals surface area contributed by atoms with Crippen LogP contribution in [0, 0.1) is 5.41 Å². The van der Waals surface area contributed by atoms with Gasteiger partial charge in [-0.25, -0.2) is 4.79 Å². The summed E-state index contributed by atoms with van der Waals surface area (Å²) in [5.41, 5.74) is 5.10.